The van der Waals surface area contributed by atoms with E-state index in [1.807, 2.05) is 0 Å². The Morgan fingerprint density at radius 1 is 1.50 bits per heavy atom. The fourth-order valence-corrected chi connectivity index (χ4v) is 1.83. The third-order valence-corrected chi connectivity index (χ3v) is 2.99. The van der Waals surface area contributed by atoms with E-state index in [-0.39, 0.29) is 30.3 Å². The molecular formula is C17H20FNO3. The molecule has 0 radical (unpaired) electrons. The number of ether oxygens (including phenoxy) is 1. The first-order valence-electron chi connectivity index (χ1n) is 7.14. The summed E-state index contributed by atoms with van der Waals surface area (Å²) in [6.45, 7) is 2.13. The fourth-order valence-electron chi connectivity index (χ4n) is 1.83. The van der Waals surface area contributed by atoms with Crippen LogP contribution in [0.5, 0.6) is 5.75 Å². The smallest absolute Gasteiger partial charge is 0.220 e. The summed E-state index contributed by atoms with van der Waals surface area (Å²) in [6.07, 6.45) is 7.37. The summed E-state index contributed by atoms with van der Waals surface area (Å²) < 4.78 is 18.8. The maximum Gasteiger partial charge on any atom is 0.220 e. The number of unbranched alkanes of at least 4 members (excludes halogenated alkanes) is 1. The number of hydrogen-bond donors (Lipinski definition) is 1. The molecule has 0 spiro atoms. The van der Waals surface area contributed by atoms with Crippen LogP contribution in [0.1, 0.15) is 31.2 Å². The molecule has 1 atom stereocenters. The van der Waals surface area contributed by atoms with E-state index in [0.717, 1.165) is 5.56 Å². The lowest BCUT2D eigenvalue weighted by Crippen LogP contribution is -2.35. The normalized spacial score (nSPS) is 11.3. The summed E-state index contributed by atoms with van der Waals surface area (Å²) in [5.74, 6) is 1.92. The molecule has 0 aliphatic carbocycles. The fraction of sp³-hybridized carbons (Fsp3) is 0.412. The predicted molar refractivity (Wildman–Crippen MR) is 81.9 cm³/mol. The molecule has 22 heavy (non-hydrogen) atoms. The highest BCUT2D eigenvalue weighted by molar-refractivity contribution is 5.79. The van der Waals surface area contributed by atoms with E-state index >= 15 is 0 Å². The van der Waals surface area contributed by atoms with Gasteiger partial charge in [0.05, 0.1) is 12.6 Å². The highest BCUT2D eigenvalue weighted by atomic mass is 19.1. The predicted octanol–water partition coefficient (Wildman–Crippen LogP) is 2.39. The lowest BCUT2D eigenvalue weighted by Gasteiger charge is -2.10. The van der Waals surface area contributed by atoms with Crippen LogP contribution in [-0.2, 0) is 9.59 Å². The number of halogens is 1. The summed E-state index contributed by atoms with van der Waals surface area (Å²) in [7, 11) is 0. The standard InChI is InChI=1S/C17H20FNO3/c1-3-6-14(12-20)19-17(21)7-4-5-10-22-16-9-8-13(2)11-15(16)18/h1,8-9,11-12,14H,4-7,10H2,2H3,(H,19,21). The van der Waals surface area contributed by atoms with Crippen LogP contribution in [0.25, 0.3) is 0 Å². The van der Waals surface area contributed by atoms with Gasteiger partial charge in [-0.25, -0.2) is 4.39 Å². The SMILES string of the molecule is C#CCC(C=O)NC(=O)CCCCOc1ccc(C)cc1F. The minimum Gasteiger partial charge on any atom is -0.491 e. The molecule has 0 aliphatic heterocycles. The summed E-state index contributed by atoms with van der Waals surface area (Å²) >= 11 is 0. The number of aryl methyl sites for hydroxylation is 1. The molecule has 0 bridgehead atoms. The molecule has 1 aromatic carbocycles. The molecule has 0 heterocycles. The Morgan fingerprint density at radius 3 is 2.91 bits per heavy atom. The van der Waals surface area contributed by atoms with Crippen LogP contribution < -0.4 is 10.1 Å². The highest BCUT2D eigenvalue weighted by Crippen LogP contribution is 2.18. The molecule has 0 aliphatic rings. The largest absolute Gasteiger partial charge is 0.491 e. The maximum absolute atomic E-state index is 13.5. The van der Waals surface area contributed by atoms with Crippen LogP contribution >= 0.6 is 0 Å². The zero-order chi connectivity index (χ0) is 16.4. The van der Waals surface area contributed by atoms with Gasteiger partial charge in [0, 0.05) is 12.8 Å². The van der Waals surface area contributed by atoms with Gasteiger partial charge in [-0.15, -0.1) is 12.3 Å². The molecule has 1 rings (SSSR count). The lowest BCUT2D eigenvalue weighted by atomic mass is 10.2. The Labute approximate surface area is 130 Å². The number of terminal acetylenes is 1. The molecule has 0 saturated carbocycles. The molecule has 118 valence electrons. The average molecular weight is 305 g/mol. The summed E-state index contributed by atoms with van der Waals surface area (Å²) in [5, 5.41) is 2.54. The zero-order valence-electron chi connectivity index (χ0n) is 12.6. The molecule has 1 N–H and O–H groups in total. The number of rotatable bonds is 9. The topological polar surface area (TPSA) is 55.4 Å². The van der Waals surface area contributed by atoms with Crippen molar-refractivity contribution in [2.75, 3.05) is 6.61 Å². The lowest BCUT2D eigenvalue weighted by molar-refractivity contribution is -0.124. The first-order valence-corrected chi connectivity index (χ1v) is 7.14. The van der Waals surface area contributed by atoms with E-state index in [1.165, 1.54) is 6.07 Å². The molecule has 1 amide bonds. The number of aldehydes is 1. The maximum atomic E-state index is 13.5. The van der Waals surface area contributed by atoms with E-state index in [2.05, 4.69) is 11.2 Å². The number of carbonyl (C=O) groups excluding carboxylic acids is 2. The summed E-state index contributed by atoms with van der Waals surface area (Å²) in [5.41, 5.74) is 0.832. The third kappa shape index (κ3) is 6.40. The molecular weight excluding hydrogens is 285 g/mol. The van der Waals surface area contributed by atoms with Crippen molar-refractivity contribution >= 4 is 12.2 Å². The molecule has 4 nitrogen and oxygen atoms in total. The second-order valence-corrected chi connectivity index (χ2v) is 4.96. The van der Waals surface area contributed by atoms with Crippen molar-refractivity contribution in [3.05, 3.63) is 29.6 Å². The van der Waals surface area contributed by atoms with Crippen molar-refractivity contribution < 1.29 is 18.7 Å². The number of amides is 1. The Hall–Kier alpha value is -2.35. The first kappa shape index (κ1) is 17.7. The summed E-state index contributed by atoms with van der Waals surface area (Å²) in [6, 6.07) is 4.15. The Balaban J connectivity index is 2.21. The van der Waals surface area contributed by atoms with E-state index in [0.29, 0.717) is 25.7 Å². The Bertz CT molecular complexity index is 551. The number of carbonyl (C=O) groups is 2. The average Bonchev–Trinajstić information content (AvgIpc) is 2.48. The van der Waals surface area contributed by atoms with Crippen molar-refractivity contribution in [1.29, 1.82) is 0 Å². The first-order chi connectivity index (χ1) is 10.6. The molecule has 5 heteroatoms. The van der Waals surface area contributed by atoms with E-state index in [4.69, 9.17) is 11.2 Å². The van der Waals surface area contributed by atoms with Gasteiger partial charge in [-0.05, 0) is 37.5 Å². The number of hydrogen-bond acceptors (Lipinski definition) is 3. The van der Waals surface area contributed by atoms with Crippen LogP contribution in [0, 0.1) is 25.1 Å². The molecule has 0 aromatic heterocycles. The van der Waals surface area contributed by atoms with Crippen LogP contribution in [0.4, 0.5) is 4.39 Å². The van der Waals surface area contributed by atoms with Crippen LogP contribution in [0.15, 0.2) is 18.2 Å². The van der Waals surface area contributed by atoms with Gasteiger partial charge in [0.15, 0.2) is 11.6 Å². The van der Waals surface area contributed by atoms with Crippen LogP contribution in [0.2, 0.25) is 0 Å². The van der Waals surface area contributed by atoms with Crippen molar-refractivity contribution in [1.82, 2.24) is 5.32 Å². The minimum atomic E-state index is -0.629. The van der Waals surface area contributed by atoms with Crippen LogP contribution in [0.3, 0.4) is 0 Å². The van der Waals surface area contributed by atoms with Crippen molar-refractivity contribution in [3.63, 3.8) is 0 Å². The Morgan fingerprint density at radius 2 is 2.27 bits per heavy atom. The second kappa shape index (κ2) is 9.56. The van der Waals surface area contributed by atoms with Gasteiger partial charge in [-0.1, -0.05) is 6.07 Å². The van der Waals surface area contributed by atoms with Gasteiger partial charge >= 0.3 is 0 Å². The van der Waals surface area contributed by atoms with Gasteiger partial charge in [0.1, 0.15) is 6.29 Å². The van der Waals surface area contributed by atoms with Crippen molar-refractivity contribution in [2.45, 2.75) is 38.6 Å². The molecule has 1 aromatic rings. The van der Waals surface area contributed by atoms with Gasteiger partial charge in [0.2, 0.25) is 5.91 Å². The zero-order valence-corrected chi connectivity index (χ0v) is 12.6. The molecule has 1 unspecified atom stereocenters. The summed E-state index contributed by atoms with van der Waals surface area (Å²) in [4.78, 5) is 22.2. The van der Waals surface area contributed by atoms with Crippen molar-refractivity contribution in [2.24, 2.45) is 0 Å². The van der Waals surface area contributed by atoms with E-state index < -0.39 is 6.04 Å². The number of benzene rings is 1. The van der Waals surface area contributed by atoms with Crippen LogP contribution in [-0.4, -0.2) is 24.8 Å². The van der Waals surface area contributed by atoms with Crippen molar-refractivity contribution in [3.8, 4) is 18.1 Å². The molecule has 0 saturated heterocycles. The quantitative estimate of drug-likeness (QED) is 0.433. The van der Waals surface area contributed by atoms with E-state index in [1.54, 1.807) is 19.1 Å². The van der Waals surface area contributed by atoms with Gasteiger partial charge in [0.25, 0.3) is 0 Å². The molecule has 0 fully saturated rings. The minimum absolute atomic E-state index is 0.186. The van der Waals surface area contributed by atoms with E-state index in [9.17, 15) is 14.0 Å². The highest BCUT2D eigenvalue weighted by Gasteiger charge is 2.09. The Kier molecular flexibility index (Phi) is 7.69. The second-order valence-electron chi connectivity index (χ2n) is 4.96. The van der Waals surface area contributed by atoms with Gasteiger partial charge in [-0.2, -0.15) is 0 Å². The van der Waals surface area contributed by atoms with Gasteiger partial charge < -0.3 is 14.8 Å². The monoisotopic (exact) mass is 305 g/mol. The number of nitrogens with one attached hydrogen (secondary N) is 1. The van der Waals surface area contributed by atoms with Gasteiger partial charge in [-0.3, -0.25) is 4.79 Å². The third-order valence-electron chi connectivity index (χ3n) is 2.99.